The van der Waals surface area contributed by atoms with Gasteiger partial charge in [-0.05, 0) is 31.0 Å². The minimum atomic E-state index is 0.201. The zero-order chi connectivity index (χ0) is 9.26. The van der Waals surface area contributed by atoms with E-state index in [-0.39, 0.29) is 6.04 Å². The van der Waals surface area contributed by atoms with Crippen molar-refractivity contribution in [2.45, 2.75) is 19.4 Å². The van der Waals surface area contributed by atoms with Crippen LogP contribution in [0.2, 0.25) is 0 Å². The number of nitrogens with two attached hydrogens (primary N) is 1. The normalized spacial score (nSPS) is 13.4. The molecule has 2 rings (SSSR count). The van der Waals surface area contributed by atoms with Crippen LogP contribution in [-0.2, 0) is 6.42 Å². The van der Waals surface area contributed by atoms with E-state index >= 15 is 0 Å². The standard InChI is InChI=1S/C11H13NO/c1-8(12)6-9-2-3-10-4-5-13-11(10)7-9/h2-5,7-8H,6,12H2,1H3/t8-/m0/s1. The maximum atomic E-state index is 5.71. The highest BCUT2D eigenvalue weighted by molar-refractivity contribution is 5.77. The summed E-state index contributed by atoms with van der Waals surface area (Å²) in [5.41, 5.74) is 7.89. The molecule has 0 aliphatic heterocycles. The van der Waals surface area contributed by atoms with Gasteiger partial charge in [-0.3, -0.25) is 0 Å². The third kappa shape index (κ3) is 1.73. The SMILES string of the molecule is C[C@H](N)Cc1ccc2ccoc2c1. The molecule has 0 unspecified atom stereocenters. The number of benzene rings is 1. The second-order valence-corrected chi connectivity index (χ2v) is 3.47. The van der Waals surface area contributed by atoms with Crippen LogP contribution in [0.4, 0.5) is 0 Å². The highest BCUT2D eigenvalue weighted by atomic mass is 16.3. The Hall–Kier alpha value is -1.28. The van der Waals surface area contributed by atoms with E-state index in [0.717, 1.165) is 17.4 Å². The Morgan fingerprint density at radius 2 is 2.23 bits per heavy atom. The van der Waals surface area contributed by atoms with Gasteiger partial charge in [0.2, 0.25) is 0 Å². The van der Waals surface area contributed by atoms with E-state index in [9.17, 15) is 0 Å². The summed E-state index contributed by atoms with van der Waals surface area (Å²) in [7, 11) is 0. The molecule has 13 heavy (non-hydrogen) atoms. The third-order valence-electron chi connectivity index (χ3n) is 2.08. The van der Waals surface area contributed by atoms with Crippen molar-refractivity contribution in [2.24, 2.45) is 5.73 Å². The highest BCUT2D eigenvalue weighted by Crippen LogP contribution is 2.17. The monoisotopic (exact) mass is 175 g/mol. The Morgan fingerprint density at radius 3 is 3.00 bits per heavy atom. The van der Waals surface area contributed by atoms with Crippen molar-refractivity contribution in [2.75, 3.05) is 0 Å². The second kappa shape index (κ2) is 3.23. The molecule has 1 aromatic heterocycles. The summed E-state index contributed by atoms with van der Waals surface area (Å²) >= 11 is 0. The van der Waals surface area contributed by atoms with Gasteiger partial charge in [-0.2, -0.15) is 0 Å². The van der Waals surface area contributed by atoms with Gasteiger partial charge in [-0.1, -0.05) is 12.1 Å². The number of furan rings is 1. The van der Waals surface area contributed by atoms with Crippen molar-refractivity contribution in [1.29, 1.82) is 0 Å². The lowest BCUT2D eigenvalue weighted by atomic mass is 10.1. The Bertz CT molecular complexity index is 403. The van der Waals surface area contributed by atoms with E-state index in [2.05, 4.69) is 18.2 Å². The molecule has 0 radical (unpaired) electrons. The third-order valence-corrected chi connectivity index (χ3v) is 2.08. The van der Waals surface area contributed by atoms with Crippen LogP contribution in [0.1, 0.15) is 12.5 Å². The van der Waals surface area contributed by atoms with Crippen LogP contribution >= 0.6 is 0 Å². The molecule has 0 aliphatic rings. The molecular formula is C11H13NO. The van der Waals surface area contributed by atoms with Crippen LogP contribution in [0.5, 0.6) is 0 Å². The molecule has 68 valence electrons. The van der Waals surface area contributed by atoms with Crippen LogP contribution in [0.15, 0.2) is 34.9 Å². The quantitative estimate of drug-likeness (QED) is 0.760. The molecule has 2 heteroatoms. The van der Waals surface area contributed by atoms with E-state index in [1.165, 1.54) is 5.56 Å². The molecule has 0 bridgehead atoms. The minimum absolute atomic E-state index is 0.201. The molecule has 0 aliphatic carbocycles. The molecule has 2 aromatic rings. The van der Waals surface area contributed by atoms with E-state index < -0.39 is 0 Å². The van der Waals surface area contributed by atoms with E-state index in [0.29, 0.717) is 0 Å². The lowest BCUT2D eigenvalue weighted by molar-refractivity contribution is 0.614. The fraction of sp³-hybridized carbons (Fsp3) is 0.273. The smallest absolute Gasteiger partial charge is 0.134 e. The van der Waals surface area contributed by atoms with Crippen LogP contribution < -0.4 is 5.73 Å². The molecule has 1 heterocycles. The van der Waals surface area contributed by atoms with Gasteiger partial charge in [-0.15, -0.1) is 0 Å². The first-order valence-corrected chi connectivity index (χ1v) is 4.47. The van der Waals surface area contributed by atoms with Crippen molar-refractivity contribution in [1.82, 2.24) is 0 Å². The van der Waals surface area contributed by atoms with Gasteiger partial charge in [0.25, 0.3) is 0 Å². The first kappa shape index (κ1) is 8.32. The molecule has 2 nitrogen and oxygen atoms in total. The Balaban J connectivity index is 2.37. The lowest BCUT2D eigenvalue weighted by Crippen LogP contribution is -2.17. The molecule has 0 saturated heterocycles. The fourth-order valence-electron chi connectivity index (χ4n) is 1.50. The van der Waals surface area contributed by atoms with Crippen LogP contribution in [-0.4, -0.2) is 6.04 Å². The summed E-state index contributed by atoms with van der Waals surface area (Å²) in [6.07, 6.45) is 2.61. The van der Waals surface area contributed by atoms with Gasteiger partial charge in [0, 0.05) is 11.4 Å². The minimum Gasteiger partial charge on any atom is -0.464 e. The molecule has 0 fully saturated rings. The predicted molar refractivity (Wildman–Crippen MR) is 53.6 cm³/mol. The zero-order valence-corrected chi connectivity index (χ0v) is 7.66. The summed E-state index contributed by atoms with van der Waals surface area (Å²) in [5, 5.41) is 1.15. The molecule has 2 N–H and O–H groups in total. The maximum Gasteiger partial charge on any atom is 0.134 e. The van der Waals surface area contributed by atoms with E-state index in [4.69, 9.17) is 10.2 Å². The Labute approximate surface area is 77.3 Å². The van der Waals surface area contributed by atoms with Crippen molar-refractivity contribution in [3.8, 4) is 0 Å². The van der Waals surface area contributed by atoms with Gasteiger partial charge in [0.1, 0.15) is 5.58 Å². The number of fused-ring (bicyclic) bond motifs is 1. The predicted octanol–water partition coefficient (Wildman–Crippen LogP) is 2.32. The van der Waals surface area contributed by atoms with Crippen molar-refractivity contribution in [3.05, 3.63) is 36.1 Å². The van der Waals surface area contributed by atoms with Gasteiger partial charge in [0.05, 0.1) is 6.26 Å². The number of hydrogen-bond acceptors (Lipinski definition) is 2. The molecule has 0 spiro atoms. The summed E-state index contributed by atoms with van der Waals surface area (Å²) in [6, 6.07) is 8.38. The summed E-state index contributed by atoms with van der Waals surface area (Å²) in [5.74, 6) is 0. The van der Waals surface area contributed by atoms with E-state index in [1.807, 2.05) is 13.0 Å². The first-order valence-electron chi connectivity index (χ1n) is 4.47. The Morgan fingerprint density at radius 1 is 1.38 bits per heavy atom. The summed E-state index contributed by atoms with van der Waals surface area (Å²) < 4.78 is 5.30. The Kier molecular flexibility index (Phi) is 2.07. The average molecular weight is 175 g/mol. The number of rotatable bonds is 2. The topological polar surface area (TPSA) is 39.2 Å². The van der Waals surface area contributed by atoms with Gasteiger partial charge in [0.15, 0.2) is 0 Å². The van der Waals surface area contributed by atoms with Crippen molar-refractivity contribution >= 4 is 11.0 Å². The summed E-state index contributed by atoms with van der Waals surface area (Å²) in [4.78, 5) is 0. The van der Waals surface area contributed by atoms with Gasteiger partial charge < -0.3 is 10.2 Å². The van der Waals surface area contributed by atoms with Gasteiger partial charge >= 0.3 is 0 Å². The van der Waals surface area contributed by atoms with Crippen LogP contribution in [0.3, 0.4) is 0 Å². The van der Waals surface area contributed by atoms with Gasteiger partial charge in [-0.25, -0.2) is 0 Å². The van der Waals surface area contributed by atoms with Crippen molar-refractivity contribution in [3.63, 3.8) is 0 Å². The lowest BCUT2D eigenvalue weighted by Gasteiger charge is -2.03. The largest absolute Gasteiger partial charge is 0.464 e. The highest BCUT2D eigenvalue weighted by Gasteiger charge is 2.00. The molecule has 1 atom stereocenters. The van der Waals surface area contributed by atoms with Crippen LogP contribution in [0, 0.1) is 0 Å². The summed E-state index contributed by atoms with van der Waals surface area (Å²) in [6.45, 7) is 2.01. The zero-order valence-electron chi connectivity index (χ0n) is 7.66. The number of hydrogen-bond donors (Lipinski definition) is 1. The van der Waals surface area contributed by atoms with E-state index in [1.54, 1.807) is 6.26 Å². The molecule has 1 aromatic carbocycles. The van der Waals surface area contributed by atoms with Crippen molar-refractivity contribution < 1.29 is 4.42 Å². The molecular weight excluding hydrogens is 162 g/mol. The molecule has 0 saturated carbocycles. The second-order valence-electron chi connectivity index (χ2n) is 3.47. The van der Waals surface area contributed by atoms with Crippen LogP contribution in [0.25, 0.3) is 11.0 Å². The fourth-order valence-corrected chi connectivity index (χ4v) is 1.50. The first-order chi connectivity index (χ1) is 6.25. The molecule has 0 amide bonds. The maximum absolute atomic E-state index is 5.71. The average Bonchev–Trinajstić information content (AvgIpc) is 2.49.